The summed E-state index contributed by atoms with van der Waals surface area (Å²) in [7, 11) is -0.276. The summed E-state index contributed by atoms with van der Waals surface area (Å²) in [4.78, 5) is 9.12. The van der Waals surface area contributed by atoms with E-state index in [2.05, 4.69) is 22.7 Å². The highest BCUT2D eigenvalue weighted by Gasteiger charge is 1.88. The molecule has 0 aromatic heterocycles. The Morgan fingerprint density at radius 2 is 2.18 bits per heavy atom. The minimum atomic E-state index is -1.23. The van der Waals surface area contributed by atoms with Gasteiger partial charge >= 0.3 is 14.7 Å². The molecule has 0 rings (SSSR count). The van der Waals surface area contributed by atoms with Crippen molar-refractivity contribution in [1.29, 1.82) is 0 Å². The molecule has 0 spiro atoms. The highest BCUT2D eigenvalue weighted by Crippen LogP contribution is 1.90. The van der Waals surface area contributed by atoms with E-state index in [-0.39, 0.29) is 8.69 Å². The molecule has 0 fully saturated rings. The number of hydrogen-bond acceptors (Lipinski definition) is 3. The maximum Gasteiger partial charge on any atom is 0.370 e. The third-order valence-electron chi connectivity index (χ3n) is 0.354. The van der Waals surface area contributed by atoms with E-state index < -0.39 is 11.8 Å². The van der Waals surface area contributed by atoms with Gasteiger partial charge in [-0.25, -0.2) is 14.5 Å². The molecular weight excluding hydrogens is 190 g/mol. The van der Waals surface area contributed by atoms with Gasteiger partial charge in [-0.15, -0.1) is 18.2 Å². The molecule has 0 aliphatic carbocycles. The fourth-order valence-corrected chi connectivity index (χ4v) is 0.249. The van der Waals surface area contributed by atoms with Crippen LogP contribution in [0.25, 0.3) is 0 Å². The molecule has 0 unspecified atom stereocenters. The van der Waals surface area contributed by atoms with Crippen molar-refractivity contribution in [3.63, 3.8) is 0 Å². The Balaban J connectivity index is 0. The summed E-state index contributed by atoms with van der Waals surface area (Å²) in [6.07, 6.45) is 1.53. The number of alkyl halides is 1. The molecule has 0 aromatic carbocycles. The molecule has 4 nitrogen and oxygen atoms in total. The standard InChI is InChI=1S/C3H5O2P.C2H2ClO2/c1-2-3-5-6-4;3-1-2(4)5/h2H,1,3H2;1H2. The summed E-state index contributed by atoms with van der Waals surface area (Å²) in [6.45, 7) is 3.68. The molecule has 0 heterocycles. The van der Waals surface area contributed by atoms with Crippen LogP contribution in [0.4, 0.5) is 0 Å². The lowest BCUT2D eigenvalue weighted by molar-refractivity contribution is -0.139. The van der Waals surface area contributed by atoms with Gasteiger partial charge in [-0.3, -0.25) is 4.52 Å². The summed E-state index contributed by atoms with van der Waals surface area (Å²) in [5.41, 5.74) is 0. The van der Waals surface area contributed by atoms with Gasteiger partial charge in [0.15, 0.2) is 0 Å². The van der Waals surface area contributed by atoms with E-state index in [9.17, 15) is 4.57 Å². The molecule has 6 heteroatoms. The maximum atomic E-state index is 9.39. The minimum Gasteiger partial charge on any atom is -0.290 e. The highest BCUT2D eigenvalue weighted by molar-refractivity contribution is 7.17. The lowest BCUT2D eigenvalue weighted by Gasteiger charge is -1.76. The van der Waals surface area contributed by atoms with Gasteiger partial charge in [0.25, 0.3) is 0 Å². The fourth-order valence-electron chi connectivity index (χ4n) is 0.0831. The molecule has 0 aliphatic rings. The van der Waals surface area contributed by atoms with Crippen LogP contribution in [0.15, 0.2) is 12.7 Å². The Bertz CT molecular complexity index is 120. The third-order valence-corrected chi connectivity index (χ3v) is 0.827. The first-order valence-corrected chi connectivity index (χ1v) is 3.76. The predicted octanol–water partition coefficient (Wildman–Crippen LogP) is 1.58. The van der Waals surface area contributed by atoms with Crippen molar-refractivity contribution < 1.29 is 19.0 Å². The number of hydrogen-bond donors (Lipinski definition) is 0. The molecular formula is C5H7ClO4P. The summed E-state index contributed by atoms with van der Waals surface area (Å²) < 4.78 is 13.7. The van der Waals surface area contributed by atoms with Crippen LogP contribution in [0.1, 0.15) is 0 Å². The largest absolute Gasteiger partial charge is 0.370 e. The van der Waals surface area contributed by atoms with E-state index in [4.69, 9.17) is 9.90 Å². The van der Waals surface area contributed by atoms with Gasteiger partial charge in [-0.05, 0) is 0 Å². The number of carbonyl (C=O) groups is 1. The summed E-state index contributed by atoms with van der Waals surface area (Å²) >= 11 is 4.67. The Hall–Kier alpha value is -0.440. The van der Waals surface area contributed by atoms with Gasteiger partial charge < -0.3 is 0 Å². The van der Waals surface area contributed by atoms with Gasteiger partial charge in [0, 0.05) is 0 Å². The molecule has 63 valence electrons. The number of rotatable bonds is 4. The van der Waals surface area contributed by atoms with E-state index in [0.29, 0.717) is 6.61 Å². The van der Waals surface area contributed by atoms with Crippen LogP contribution in [0.5, 0.6) is 0 Å². The van der Waals surface area contributed by atoms with Gasteiger partial charge in [0.05, 0.1) is 6.61 Å². The summed E-state index contributed by atoms with van der Waals surface area (Å²) in [5, 5.41) is 9.12. The lowest BCUT2D eigenvalue weighted by Crippen LogP contribution is -1.89. The van der Waals surface area contributed by atoms with Crippen LogP contribution >= 0.6 is 20.3 Å². The van der Waals surface area contributed by atoms with Gasteiger partial charge in [0.2, 0.25) is 0 Å². The highest BCUT2D eigenvalue weighted by atomic mass is 35.5. The average molecular weight is 198 g/mol. The van der Waals surface area contributed by atoms with E-state index in [1.165, 1.54) is 6.08 Å². The molecule has 0 atom stereocenters. The SMILES string of the molecule is C=CCOP=O.[O]C(=O)CCl. The fraction of sp³-hybridized carbons (Fsp3) is 0.400. The van der Waals surface area contributed by atoms with Crippen molar-refractivity contribution in [2.75, 3.05) is 12.5 Å². The first-order valence-electron chi connectivity index (χ1n) is 2.50. The van der Waals surface area contributed by atoms with E-state index in [1.54, 1.807) is 0 Å². The van der Waals surface area contributed by atoms with Crippen molar-refractivity contribution in [3.8, 4) is 0 Å². The molecule has 0 bridgehead atoms. The van der Waals surface area contributed by atoms with Crippen LogP contribution in [0.3, 0.4) is 0 Å². The topological polar surface area (TPSA) is 63.3 Å². The zero-order chi connectivity index (χ0) is 9.11. The average Bonchev–Trinajstić information content (AvgIpc) is 2.02. The molecule has 0 N–H and O–H groups in total. The number of halogens is 1. The quantitative estimate of drug-likeness (QED) is 0.297. The van der Waals surface area contributed by atoms with Crippen LogP contribution in [0, 0.1) is 0 Å². The van der Waals surface area contributed by atoms with E-state index >= 15 is 0 Å². The molecule has 11 heavy (non-hydrogen) atoms. The second-order valence-corrected chi connectivity index (χ2v) is 1.84. The molecule has 0 saturated heterocycles. The second kappa shape index (κ2) is 12.3. The van der Waals surface area contributed by atoms with Crippen molar-refractivity contribution in [3.05, 3.63) is 12.7 Å². The second-order valence-electron chi connectivity index (χ2n) is 1.16. The van der Waals surface area contributed by atoms with Crippen molar-refractivity contribution in [2.45, 2.75) is 0 Å². The van der Waals surface area contributed by atoms with E-state index in [0.717, 1.165) is 0 Å². The van der Waals surface area contributed by atoms with Crippen LogP contribution in [-0.2, 0) is 19.0 Å². The monoisotopic (exact) mass is 197 g/mol. The number of carbonyl (C=O) groups excluding carboxylic acids is 1. The lowest BCUT2D eigenvalue weighted by atomic mass is 10.7. The molecule has 1 radical (unpaired) electrons. The first-order chi connectivity index (χ1) is 5.18. The van der Waals surface area contributed by atoms with Crippen LogP contribution in [0.2, 0.25) is 0 Å². The van der Waals surface area contributed by atoms with Crippen LogP contribution in [-0.4, -0.2) is 18.5 Å². The maximum absolute atomic E-state index is 9.39. The van der Waals surface area contributed by atoms with E-state index in [1.807, 2.05) is 0 Å². The smallest absolute Gasteiger partial charge is 0.290 e. The molecule has 0 aliphatic heterocycles. The van der Waals surface area contributed by atoms with Gasteiger partial charge in [0.1, 0.15) is 5.88 Å². The Morgan fingerprint density at radius 3 is 2.27 bits per heavy atom. The van der Waals surface area contributed by atoms with Gasteiger partial charge in [-0.1, -0.05) is 6.08 Å². The molecule has 0 saturated carbocycles. The Morgan fingerprint density at radius 1 is 1.73 bits per heavy atom. The molecule has 0 aromatic rings. The Labute approximate surface area is 71.1 Å². The minimum absolute atomic E-state index is 0.276. The first kappa shape index (κ1) is 13.2. The van der Waals surface area contributed by atoms with Crippen molar-refractivity contribution in [2.24, 2.45) is 0 Å². The third kappa shape index (κ3) is 26.3. The summed E-state index contributed by atoms with van der Waals surface area (Å²) in [6, 6.07) is 0. The van der Waals surface area contributed by atoms with Crippen LogP contribution < -0.4 is 0 Å². The molecule has 0 amide bonds. The van der Waals surface area contributed by atoms with Crippen molar-refractivity contribution >= 4 is 26.3 Å². The van der Waals surface area contributed by atoms with Crippen molar-refractivity contribution in [1.82, 2.24) is 0 Å². The predicted molar refractivity (Wildman–Crippen MR) is 40.2 cm³/mol. The van der Waals surface area contributed by atoms with Gasteiger partial charge in [-0.2, -0.15) is 0 Å². The Kier molecular flexibility index (Phi) is 14.7. The normalized spacial score (nSPS) is 8.09. The summed E-state index contributed by atoms with van der Waals surface area (Å²) in [5.74, 6) is -1.65. The zero-order valence-corrected chi connectivity index (χ0v) is 7.31. The zero-order valence-electron chi connectivity index (χ0n) is 5.66.